The zero-order chi connectivity index (χ0) is 19.6. The third kappa shape index (κ3) is 4.37. The van der Waals surface area contributed by atoms with E-state index in [4.69, 9.17) is 0 Å². The molecule has 2 N–H and O–H groups in total. The van der Waals surface area contributed by atoms with Crippen LogP contribution in [0.1, 0.15) is 33.3 Å². The third-order valence-corrected chi connectivity index (χ3v) is 5.01. The summed E-state index contributed by atoms with van der Waals surface area (Å²) in [5, 5.41) is 15.0. The van der Waals surface area contributed by atoms with Gasteiger partial charge in [0.2, 0.25) is 0 Å². The van der Waals surface area contributed by atoms with Crippen molar-refractivity contribution in [2.75, 3.05) is 6.54 Å². The molecule has 140 valence electrons. The van der Waals surface area contributed by atoms with Crippen molar-refractivity contribution in [1.82, 2.24) is 10.3 Å². The van der Waals surface area contributed by atoms with E-state index in [1.807, 2.05) is 26.0 Å². The second-order valence-corrected chi connectivity index (χ2v) is 7.11. The number of benzene rings is 2. The molecule has 0 bridgehead atoms. The van der Waals surface area contributed by atoms with Crippen molar-refractivity contribution in [2.24, 2.45) is 0 Å². The lowest BCUT2D eigenvalue weighted by Crippen LogP contribution is -2.28. The minimum absolute atomic E-state index is 0.139. The molecule has 3 rings (SSSR count). The van der Waals surface area contributed by atoms with Crippen molar-refractivity contribution in [3.05, 3.63) is 75.8 Å². The average Bonchev–Trinajstić information content (AvgIpc) is 3.11. The number of hydrogen-bond acceptors (Lipinski definition) is 4. The molecule has 0 aliphatic carbocycles. The number of amides is 1. The molecule has 1 heterocycles. The van der Waals surface area contributed by atoms with Gasteiger partial charge in [0.1, 0.15) is 10.7 Å². The van der Waals surface area contributed by atoms with Gasteiger partial charge in [-0.3, -0.25) is 4.79 Å². The zero-order valence-electron chi connectivity index (χ0n) is 14.8. The van der Waals surface area contributed by atoms with Gasteiger partial charge in [-0.05, 0) is 37.1 Å². The third-order valence-electron chi connectivity index (χ3n) is 4.13. The van der Waals surface area contributed by atoms with Gasteiger partial charge in [0.15, 0.2) is 11.6 Å². The topological polar surface area (TPSA) is 62.2 Å². The normalized spacial score (nSPS) is 12.0. The van der Waals surface area contributed by atoms with Crippen LogP contribution in [0, 0.1) is 25.5 Å². The Morgan fingerprint density at radius 1 is 1.19 bits per heavy atom. The largest absolute Gasteiger partial charge is 0.387 e. The number of nitrogens with one attached hydrogen (secondary N) is 1. The molecule has 0 aliphatic heterocycles. The van der Waals surface area contributed by atoms with E-state index in [1.165, 1.54) is 17.4 Å². The van der Waals surface area contributed by atoms with Crippen LogP contribution in [0.3, 0.4) is 0 Å². The summed E-state index contributed by atoms with van der Waals surface area (Å²) < 4.78 is 26.2. The summed E-state index contributed by atoms with van der Waals surface area (Å²) in [7, 11) is 0. The Hall–Kier alpha value is -2.64. The molecular weight excluding hydrogens is 370 g/mol. The van der Waals surface area contributed by atoms with Crippen LogP contribution in [-0.4, -0.2) is 22.5 Å². The molecule has 0 radical (unpaired) electrons. The van der Waals surface area contributed by atoms with Gasteiger partial charge in [-0.1, -0.05) is 29.8 Å². The summed E-state index contributed by atoms with van der Waals surface area (Å²) in [5.41, 5.74) is 3.62. The number of aryl methyl sites for hydroxylation is 2. The first-order chi connectivity index (χ1) is 12.8. The first-order valence-electron chi connectivity index (χ1n) is 8.29. The van der Waals surface area contributed by atoms with Crippen molar-refractivity contribution in [1.29, 1.82) is 0 Å². The molecule has 0 fully saturated rings. The lowest BCUT2D eigenvalue weighted by atomic mass is 10.1. The predicted octanol–water partition coefficient (Wildman–Crippen LogP) is 4.17. The highest BCUT2D eigenvalue weighted by atomic mass is 32.1. The Kier molecular flexibility index (Phi) is 5.62. The number of nitrogens with zero attached hydrogens (tertiary/aromatic N) is 1. The SMILES string of the molecule is Cc1ccc(-c2nc(C(=O)NC[C@H](O)c3ccc(F)c(F)c3)cs2)c(C)c1. The van der Waals surface area contributed by atoms with E-state index in [0.29, 0.717) is 0 Å². The molecule has 7 heteroatoms. The number of aromatic nitrogens is 1. The summed E-state index contributed by atoms with van der Waals surface area (Å²) in [4.78, 5) is 16.6. The number of rotatable bonds is 5. The number of carbonyl (C=O) groups is 1. The smallest absolute Gasteiger partial charge is 0.270 e. The van der Waals surface area contributed by atoms with E-state index in [-0.39, 0.29) is 17.8 Å². The van der Waals surface area contributed by atoms with E-state index in [1.54, 1.807) is 5.38 Å². The van der Waals surface area contributed by atoms with Crippen LogP contribution in [-0.2, 0) is 0 Å². The number of hydrogen-bond donors (Lipinski definition) is 2. The first kappa shape index (κ1) is 19.1. The second-order valence-electron chi connectivity index (χ2n) is 6.26. The summed E-state index contributed by atoms with van der Waals surface area (Å²) in [6.45, 7) is 3.86. The fourth-order valence-corrected chi connectivity index (χ4v) is 3.56. The van der Waals surface area contributed by atoms with Crippen molar-refractivity contribution in [3.8, 4) is 10.6 Å². The van der Waals surface area contributed by atoms with Gasteiger partial charge in [0.05, 0.1) is 6.10 Å². The van der Waals surface area contributed by atoms with Crippen molar-refractivity contribution >= 4 is 17.2 Å². The molecule has 27 heavy (non-hydrogen) atoms. The van der Waals surface area contributed by atoms with E-state index >= 15 is 0 Å². The Morgan fingerprint density at radius 2 is 1.96 bits per heavy atom. The molecule has 1 aromatic heterocycles. The average molecular weight is 388 g/mol. The minimum Gasteiger partial charge on any atom is -0.387 e. The van der Waals surface area contributed by atoms with Crippen LogP contribution >= 0.6 is 11.3 Å². The van der Waals surface area contributed by atoms with Crippen LogP contribution in [0.4, 0.5) is 8.78 Å². The van der Waals surface area contributed by atoms with E-state index in [0.717, 1.165) is 33.8 Å². The summed E-state index contributed by atoms with van der Waals surface area (Å²) in [5.74, 6) is -2.48. The van der Waals surface area contributed by atoms with Crippen LogP contribution < -0.4 is 5.32 Å². The van der Waals surface area contributed by atoms with Gasteiger partial charge in [-0.25, -0.2) is 13.8 Å². The summed E-state index contributed by atoms with van der Waals surface area (Å²) in [6, 6.07) is 9.13. The van der Waals surface area contributed by atoms with E-state index in [9.17, 15) is 18.7 Å². The molecule has 0 aliphatic rings. The minimum atomic E-state index is -1.15. The quantitative estimate of drug-likeness (QED) is 0.690. The maximum Gasteiger partial charge on any atom is 0.270 e. The summed E-state index contributed by atoms with van der Waals surface area (Å²) >= 11 is 1.36. The molecule has 0 spiro atoms. The number of carbonyl (C=O) groups excluding carboxylic acids is 1. The molecule has 2 aromatic carbocycles. The molecule has 0 saturated heterocycles. The maximum absolute atomic E-state index is 13.2. The Labute approximate surface area is 159 Å². The van der Waals surface area contributed by atoms with Gasteiger partial charge in [-0.2, -0.15) is 0 Å². The van der Waals surface area contributed by atoms with Crippen molar-refractivity contribution in [2.45, 2.75) is 20.0 Å². The van der Waals surface area contributed by atoms with Gasteiger partial charge in [0, 0.05) is 17.5 Å². The highest BCUT2D eigenvalue weighted by molar-refractivity contribution is 7.13. The van der Waals surface area contributed by atoms with Crippen molar-refractivity contribution < 1.29 is 18.7 Å². The monoisotopic (exact) mass is 388 g/mol. The Morgan fingerprint density at radius 3 is 2.67 bits per heavy atom. The lowest BCUT2D eigenvalue weighted by Gasteiger charge is -2.12. The Balaban J connectivity index is 1.66. The maximum atomic E-state index is 13.2. The Bertz CT molecular complexity index is 988. The van der Waals surface area contributed by atoms with Gasteiger partial charge < -0.3 is 10.4 Å². The number of aliphatic hydroxyl groups excluding tert-OH is 1. The fourth-order valence-electron chi connectivity index (χ4n) is 2.67. The molecule has 4 nitrogen and oxygen atoms in total. The fraction of sp³-hybridized carbons (Fsp3) is 0.200. The molecule has 0 saturated carbocycles. The molecule has 0 unspecified atom stereocenters. The molecular formula is C20H18F2N2O2S. The van der Waals surface area contributed by atoms with E-state index < -0.39 is 23.6 Å². The summed E-state index contributed by atoms with van der Waals surface area (Å²) in [6.07, 6.45) is -1.15. The molecule has 3 aromatic rings. The number of halogens is 2. The molecule has 1 amide bonds. The van der Waals surface area contributed by atoms with Crippen LogP contribution in [0.15, 0.2) is 41.8 Å². The van der Waals surface area contributed by atoms with Gasteiger partial charge in [0.25, 0.3) is 5.91 Å². The lowest BCUT2D eigenvalue weighted by molar-refractivity contribution is 0.0912. The second kappa shape index (κ2) is 7.94. The highest BCUT2D eigenvalue weighted by Gasteiger charge is 2.16. The number of aliphatic hydroxyl groups is 1. The molecule has 1 atom stereocenters. The van der Waals surface area contributed by atoms with Crippen molar-refractivity contribution in [3.63, 3.8) is 0 Å². The standard InChI is InChI=1S/C20H18F2N2O2S/c1-11-3-5-14(12(2)7-11)20-24-17(10-27-20)19(26)23-9-18(25)13-4-6-15(21)16(22)8-13/h3-8,10,18,25H,9H2,1-2H3,(H,23,26)/t18-/m0/s1. The number of thiazole rings is 1. The zero-order valence-corrected chi connectivity index (χ0v) is 15.6. The van der Waals surface area contributed by atoms with Crippen LogP contribution in [0.25, 0.3) is 10.6 Å². The highest BCUT2D eigenvalue weighted by Crippen LogP contribution is 2.27. The first-order valence-corrected chi connectivity index (χ1v) is 9.17. The van der Waals surface area contributed by atoms with E-state index in [2.05, 4.69) is 16.4 Å². The van der Waals surface area contributed by atoms with Gasteiger partial charge in [-0.15, -0.1) is 11.3 Å². The van der Waals surface area contributed by atoms with Gasteiger partial charge >= 0.3 is 0 Å². The van der Waals surface area contributed by atoms with Crippen LogP contribution in [0.2, 0.25) is 0 Å². The predicted molar refractivity (Wildman–Crippen MR) is 101 cm³/mol. The van der Waals surface area contributed by atoms with Crippen LogP contribution in [0.5, 0.6) is 0 Å².